The number of rotatable bonds is 1. The van der Waals surface area contributed by atoms with E-state index in [1.165, 1.54) is 6.33 Å². The molecule has 0 aliphatic heterocycles. The lowest BCUT2D eigenvalue weighted by Gasteiger charge is -2.66. The number of nitrogens with zero attached hydrogens (tertiary/aromatic N) is 2. The third-order valence-corrected chi connectivity index (χ3v) is 2.89. The zero-order valence-corrected chi connectivity index (χ0v) is 6.08. The van der Waals surface area contributed by atoms with Crippen LogP contribution in [0.25, 0.3) is 0 Å². The smallest absolute Gasteiger partial charge is 0.232 e. The largest absolute Gasteiger partial charge is 0.339 e. The molecule has 1 aromatic rings. The Labute approximate surface area is 63.8 Å². The van der Waals surface area contributed by atoms with Gasteiger partial charge in [0.15, 0.2) is 6.33 Å². The van der Waals surface area contributed by atoms with E-state index in [9.17, 15) is 0 Å². The van der Waals surface area contributed by atoms with Gasteiger partial charge in [0.05, 0.1) is 5.41 Å². The first-order valence-corrected chi connectivity index (χ1v) is 3.79. The van der Waals surface area contributed by atoms with E-state index in [1.54, 1.807) is 0 Å². The van der Waals surface area contributed by atoms with Crippen molar-refractivity contribution in [3.05, 3.63) is 12.2 Å². The normalized spacial score (nSPS) is 46.3. The van der Waals surface area contributed by atoms with Crippen molar-refractivity contribution in [2.24, 2.45) is 5.73 Å². The van der Waals surface area contributed by atoms with Gasteiger partial charge in [0, 0.05) is 5.54 Å². The monoisotopic (exact) mass is 151 g/mol. The molecule has 0 amide bonds. The van der Waals surface area contributed by atoms with Crippen molar-refractivity contribution in [1.29, 1.82) is 0 Å². The molecule has 2 bridgehead atoms. The van der Waals surface area contributed by atoms with Gasteiger partial charge < -0.3 is 10.3 Å². The minimum Gasteiger partial charge on any atom is -0.339 e. The fourth-order valence-corrected chi connectivity index (χ4v) is 2.50. The summed E-state index contributed by atoms with van der Waals surface area (Å²) in [5.74, 6) is 0.782. The van der Waals surface area contributed by atoms with Crippen molar-refractivity contribution >= 4 is 0 Å². The first-order chi connectivity index (χ1) is 5.23. The minimum atomic E-state index is 0.120. The average Bonchev–Trinajstić information content (AvgIpc) is 2.28. The molecule has 11 heavy (non-hydrogen) atoms. The second kappa shape index (κ2) is 1.34. The van der Waals surface area contributed by atoms with Gasteiger partial charge in [-0.3, -0.25) is 0 Å². The molecule has 1 heterocycles. The molecule has 0 unspecified atom stereocenters. The molecule has 1 aromatic heterocycles. The minimum absolute atomic E-state index is 0.120. The van der Waals surface area contributed by atoms with Gasteiger partial charge in [-0.15, -0.1) is 0 Å². The van der Waals surface area contributed by atoms with Crippen molar-refractivity contribution < 1.29 is 4.52 Å². The lowest BCUT2D eigenvalue weighted by molar-refractivity contribution is -0.0793. The predicted molar refractivity (Wildman–Crippen MR) is 36.7 cm³/mol. The van der Waals surface area contributed by atoms with Gasteiger partial charge in [0.1, 0.15) is 0 Å². The van der Waals surface area contributed by atoms with Crippen LogP contribution in [0.1, 0.15) is 25.2 Å². The summed E-state index contributed by atoms with van der Waals surface area (Å²) < 4.78 is 5.01. The van der Waals surface area contributed by atoms with E-state index in [0.29, 0.717) is 0 Å². The van der Waals surface area contributed by atoms with Gasteiger partial charge >= 0.3 is 0 Å². The maximum atomic E-state index is 5.89. The first-order valence-electron chi connectivity index (χ1n) is 3.79. The highest BCUT2D eigenvalue weighted by Gasteiger charge is 2.69. The van der Waals surface area contributed by atoms with E-state index in [2.05, 4.69) is 10.1 Å². The molecule has 0 atom stereocenters. The van der Waals surface area contributed by atoms with Crippen LogP contribution < -0.4 is 5.73 Å². The van der Waals surface area contributed by atoms with Crippen molar-refractivity contribution in [2.45, 2.75) is 30.2 Å². The average molecular weight is 151 g/mol. The molecule has 2 N–H and O–H groups in total. The lowest BCUT2D eigenvalue weighted by Crippen LogP contribution is -2.74. The Morgan fingerprint density at radius 2 is 2.18 bits per heavy atom. The van der Waals surface area contributed by atoms with E-state index in [4.69, 9.17) is 10.3 Å². The Morgan fingerprint density at radius 1 is 1.45 bits per heavy atom. The van der Waals surface area contributed by atoms with Crippen molar-refractivity contribution in [1.82, 2.24) is 10.1 Å². The van der Waals surface area contributed by atoms with Gasteiger partial charge in [0.2, 0.25) is 5.89 Å². The zero-order valence-electron chi connectivity index (χ0n) is 6.08. The number of hydrogen-bond donors (Lipinski definition) is 1. The van der Waals surface area contributed by atoms with Gasteiger partial charge in [-0.05, 0) is 19.3 Å². The van der Waals surface area contributed by atoms with Gasteiger partial charge in [-0.1, -0.05) is 5.16 Å². The molecule has 3 aliphatic carbocycles. The predicted octanol–water partition coefficient (Wildman–Crippen LogP) is 0.202. The summed E-state index contributed by atoms with van der Waals surface area (Å²) in [6.45, 7) is 0. The molecule has 0 aromatic carbocycles. The summed E-state index contributed by atoms with van der Waals surface area (Å²) >= 11 is 0. The van der Waals surface area contributed by atoms with E-state index < -0.39 is 0 Å². The standard InChI is InChI=1S/C7H9N3O/c8-7-1-6(2-7,3-7)5-9-4-10-11-5/h4H,1-3,8H2. The van der Waals surface area contributed by atoms with Crippen molar-refractivity contribution in [2.75, 3.05) is 0 Å². The van der Waals surface area contributed by atoms with E-state index in [-0.39, 0.29) is 11.0 Å². The maximum Gasteiger partial charge on any atom is 0.232 e. The summed E-state index contributed by atoms with van der Waals surface area (Å²) in [6, 6.07) is 0. The van der Waals surface area contributed by atoms with Gasteiger partial charge in [0.25, 0.3) is 0 Å². The van der Waals surface area contributed by atoms with Crippen LogP contribution in [0.2, 0.25) is 0 Å². The number of nitrogens with two attached hydrogens (primary N) is 1. The Morgan fingerprint density at radius 3 is 2.64 bits per heavy atom. The summed E-state index contributed by atoms with van der Waals surface area (Å²) in [6.07, 6.45) is 4.55. The second-order valence-electron chi connectivity index (χ2n) is 3.92. The molecule has 4 heteroatoms. The Balaban J connectivity index is 1.94. The van der Waals surface area contributed by atoms with Crippen LogP contribution in [0, 0.1) is 0 Å². The van der Waals surface area contributed by atoms with Crippen molar-refractivity contribution in [3.8, 4) is 0 Å². The third-order valence-electron chi connectivity index (χ3n) is 2.89. The molecular formula is C7H9N3O. The fourth-order valence-electron chi connectivity index (χ4n) is 2.50. The second-order valence-corrected chi connectivity index (χ2v) is 3.92. The van der Waals surface area contributed by atoms with Crippen LogP contribution in [-0.2, 0) is 5.41 Å². The molecule has 0 saturated heterocycles. The topological polar surface area (TPSA) is 64.9 Å². The summed E-state index contributed by atoms with van der Waals surface area (Å²) in [7, 11) is 0. The Hall–Kier alpha value is -0.900. The Bertz CT molecular complexity index is 273. The highest BCUT2D eigenvalue weighted by atomic mass is 16.5. The van der Waals surface area contributed by atoms with Crippen LogP contribution >= 0.6 is 0 Å². The fraction of sp³-hybridized carbons (Fsp3) is 0.714. The molecule has 58 valence electrons. The van der Waals surface area contributed by atoms with Crippen LogP contribution in [0.5, 0.6) is 0 Å². The molecule has 3 saturated carbocycles. The van der Waals surface area contributed by atoms with Gasteiger partial charge in [-0.2, -0.15) is 4.98 Å². The quantitative estimate of drug-likeness (QED) is 0.622. The molecule has 3 aliphatic rings. The molecule has 0 radical (unpaired) electrons. The third kappa shape index (κ3) is 0.506. The van der Waals surface area contributed by atoms with Crippen LogP contribution in [0.3, 0.4) is 0 Å². The molecule has 4 rings (SSSR count). The van der Waals surface area contributed by atoms with Crippen LogP contribution in [0.15, 0.2) is 10.9 Å². The SMILES string of the molecule is NC12CC(c3ncno3)(C1)C2. The maximum absolute atomic E-state index is 5.89. The Kier molecular flexibility index (Phi) is 0.696. The van der Waals surface area contributed by atoms with Crippen LogP contribution in [0.4, 0.5) is 0 Å². The summed E-state index contributed by atoms with van der Waals surface area (Å²) in [4.78, 5) is 4.05. The van der Waals surface area contributed by atoms with Crippen molar-refractivity contribution in [3.63, 3.8) is 0 Å². The molecule has 4 nitrogen and oxygen atoms in total. The first kappa shape index (κ1) is 5.71. The molecule has 3 fully saturated rings. The summed E-state index contributed by atoms with van der Waals surface area (Å²) in [5, 5.41) is 3.59. The number of hydrogen-bond acceptors (Lipinski definition) is 4. The van der Waals surface area contributed by atoms with E-state index in [1.807, 2.05) is 0 Å². The summed E-state index contributed by atoms with van der Waals surface area (Å²) in [5.41, 5.74) is 6.19. The van der Waals surface area contributed by atoms with E-state index >= 15 is 0 Å². The highest BCUT2D eigenvalue weighted by Crippen LogP contribution is 2.65. The van der Waals surface area contributed by atoms with E-state index in [0.717, 1.165) is 25.2 Å². The van der Waals surface area contributed by atoms with Crippen LogP contribution in [-0.4, -0.2) is 15.7 Å². The van der Waals surface area contributed by atoms with Gasteiger partial charge in [-0.25, -0.2) is 0 Å². The molecule has 0 spiro atoms. The molecular weight excluding hydrogens is 142 g/mol. The number of aromatic nitrogens is 2. The lowest BCUT2D eigenvalue weighted by atomic mass is 9.40. The zero-order chi connectivity index (χ0) is 7.53. The highest BCUT2D eigenvalue weighted by molar-refractivity contribution is 5.32.